The van der Waals surface area contributed by atoms with Crippen molar-refractivity contribution in [2.75, 3.05) is 12.0 Å². The van der Waals surface area contributed by atoms with Gasteiger partial charge in [0.2, 0.25) is 0 Å². The van der Waals surface area contributed by atoms with E-state index in [1.807, 2.05) is 0 Å². The lowest BCUT2D eigenvalue weighted by molar-refractivity contribution is -0.132. The number of hydrogen-bond donors (Lipinski definition) is 2. The zero-order valence-electron chi connectivity index (χ0n) is 17.4. The highest BCUT2D eigenvalue weighted by Gasteiger charge is 2.48. The second-order valence-corrected chi connectivity index (χ2v) is 8.14. The van der Waals surface area contributed by atoms with Gasteiger partial charge in [0.15, 0.2) is 5.75 Å². The van der Waals surface area contributed by atoms with Gasteiger partial charge in [0.1, 0.15) is 23.1 Å². The smallest absolute Gasteiger partial charge is 0.300 e. The number of aromatic hydroxyl groups is 1. The van der Waals surface area contributed by atoms with Crippen molar-refractivity contribution < 1.29 is 33.3 Å². The van der Waals surface area contributed by atoms with Crippen molar-refractivity contribution >= 4 is 46.3 Å². The number of ether oxygens (including phenoxy) is 1. The van der Waals surface area contributed by atoms with E-state index >= 15 is 0 Å². The lowest BCUT2D eigenvalue weighted by Gasteiger charge is -2.26. The molecule has 1 amide bonds. The van der Waals surface area contributed by atoms with E-state index in [2.05, 4.69) is 0 Å². The van der Waals surface area contributed by atoms with Crippen molar-refractivity contribution in [3.8, 4) is 11.5 Å². The molecule has 1 heterocycles. The van der Waals surface area contributed by atoms with Crippen LogP contribution in [0.1, 0.15) is 17.2 Å². The molecule has 0 radical (unpaired) electrons. The van der Waals surface area contributed by atoms with Gasteiger partial charge in [-0.25, -0.2) is 8.78 Å². The molecule has 1 atom stereocenters. The number of rotatable bonds is 4. The van der Waals surface area contributed by atoms with Gasteiger partial charge in [-0.2, -0.15) is 0 Å². The van der Waals surface area contributed by atoms with Crippen molar-refractivity contribution in [1.29, 1.82) is 0 Å². The van der Waals surface area contributed by atoms with Gasteiger partial charge >= 0.3 is 0 Å². The number of aliphatic hydroxyl groups is 1. The molecule has 3 aromatic rings. The van der Waals surface area contributed by atoms with Crippen LogP contribution >= 0.6 is 23.2 Å². The highest BCUT2D eigenvalue weighted by atomic mass is 35.5. The number of nitrogens with zero attached hydrogens (tertiary/aromatic N) is 1. The minimum absolute atomic E-state index is 0.00251. The Balaban J connectivity index is 1.99. The maximum Gasteiger partial charge on any atom is 0.300 e. The van der Waals surface area contributed by atoms with E-state index in [-0.39, 0.29) is 32.7 Å². The first kappa shape index (κ1) is 23.5. The van der Waals surface area contributed by atoms with Gasteiger partial charge in [-0.15, -0.1) is 0 Å². The first-order valence-corrected chi connectivity index (χ1v) is 10.5. The molecule has 0 aliphatic carbocycles. The van der Waals surface area contributed by atoms with Crippen LogP contribution in [0.2, 0.25) is 10.0 Å². The van der Waals surface area contributed by atoms with Gasteiger partial charge in [-0.3, -0.25) is 14.5 Å². The van der Waals surface area contributed by atoms with Crippen LogP contribution in [-0.4, -0.2) is 29.0 Å². The molecule has 1 saturated heterocycles. The molecule has 1 unspecified atom stereocenters. The lowest BCUT2D eigenvalue weighted by Crippen LogP contribution is -2.30. The van der Waals surface area contributed by atoms with Crippen LogP contribution in [-0.2, 0) is 9.59 Å². The Hall–Kier alpha value is -3.62. The number of phenolic OH excluding ortho intramolecular Hbond substituents is 1. The molecule has 174 valence electrons. The van der Waals surface area contributed by atoms with Gasteiger partial charge < -0.3 is 14.9 Å². The lowest BCUT2D eigenvalue weighted by atomic mass is 9.95. The summed E-state index contributed by atoms with van der Waals surface area (Å²) in [6.07, 6.45) is 0. The maximum atomic E-state index is 14.7. The molecule has 4 rings (SSSR count). The van der Waals surface area contributed by atoms with E-state index in [0.717, 1.165) is 23.1 Å². The van der Waals surface area contributed by atoms with Gasteiger partial charge in [0.05, 0.1) is 34.5 Å². The quantitative estimate of drug-likeness (QED) is 0.273. The molecule has 2 N–H and O–H groups in total. The molecule has 0 saturated carbocycles. The molecule has 3 aromatic carbocycles. The first-order valence-electron chi connectivity index (χ1n) is 9.72. The van der Waals surface area contributed by atoms with Crippen LogP contribution in [0.5, 0.6) is 11.5 Å². The maximum absolute atomic E-state index is 14.7. The van der Waals surface area contributed by atoms with Crippen LogP contribution in [0.4, 0.5) is 14.5 Å². The molecular weight excluding hydrogens is 491 g/mol. The number of methoxy groups -OCH3 is 1. The number of phenols is 1. The predicted octanol–water partition coefficient (Wildman–Crippen LogP) is 5.61. The standard InChI is InChI=1S/C24H15Cl2F2NO5/c1-34-23-15(25)8-12(9-16(23)26)21(31)19-20(11-2-5-14(30)6-3-11)29(24(33)22(19)32)18-10-13(27)4-7-17(18)28/h2-10,20,30-31H,1H3/b21-19+. The van der Waals surface area contributed by atoms with Crippen LogP contribution in [0, 0.1) is 11.6 Å². The van der Waals surface area contributed by atoms with E-state index in [4.69, 9.17) is 27.9 Å². The third-order valence-electron chi connectivity index (χ3n) is 5.30. The number of Topliss-reactive ketones (excluding diaryl/α,β-unsaturated/α-hetero) is 1. The molecule has 1 aliphatic rings. The van der Waals surface area contributed by atoms with Gasteiger partial charge in [0, 0.05) is 11.6 Å². The number of anilines is 1. The monoisotopic (exact) mass is 505 g/mol. The summed E-state index contributed by atoms with van der Waals surface area (Å²) >= 11 is 12.3. The molecule has 0 spiro atoms. The second-order valence-electron chi connectivity index (χ2n) is 7.33. The van der Waals surface area contributed by atoms with Crippen molar-refractivity contribution in [2.45, 2.75) is 6.04 Å². The summed E-state index contributed by atoms with van der Waals surface area (Å²) in [5, 5.41) is 20.8. The van der Waals surface area contributed by atoms with Crippen molar-refractivity contribution in [3.05, 3.63) is 93.0 Å². The molecule has 10 heteroatoms. The van der Waals surface area contributed by atoms with Crippen LogP contribution in [0.3, 0.4) is 0 Å². The van der Waals surface area contributed by atoms with Gasteiger partial charge in [-0.05, 0) is 42.0 Å². The SMILES string of the molecule is COc1c(Cl)cc(/C(O)=C2\C(=O)C(=O)N(c3cc(F)ccc3F)C2c2ccc(O)cc2)cc1Cl. The number of benzene rings is 3. The molecule has 1 aliphatic heterocycles. The largest absolute Gasteiger partial charge is 0.508 e. The minimum Gasteiger partial charge on any atom is -0.508 e. The summed E-state index contributed by atoms with van der Waals surface area (Å²) in [6, 6.07) is 9.03. The number of halogens is 4. The Morgan fingerprint density at radius 2 is 1.62 bits per heavy atom. The average molecular weight is 506 g/mol. The highest BCUT2D eigenvalue weighted by molar-refractivity contribution is 6.51. The van der Waals surface area contributed by atoms with Crippen LogP contribution in [0.15, 0.2) is 60.2 Å². The fourth-order valence-electron chi connectivity index (χ4n) is 3.77. The topological polar surface area (TPSA) is 87.1 Å². The fraction of sp³-hybridized carbons (Fsp3) is 0.0833. The number of amides is 1. The van der Waals surface area contributed by atoms with Crippen molar-refractivity contribution in [1.82, 2.24) is 0 Å². The highest BCUT2D eigenvalue weighted by Crippen LogP contribution is 2.44. The summed E-state index contributed by atoms with van der Waals surface area (Å²) in [6.45, 7) is 0. The molecule has 1 fully saturated rings. The first-order chi connectivity index (χ1) is 16.1. The van der Waals surface area contributed by atoms with Crippen LogP contribution in [0.25, 0.3) is 5.76 Å². The number of hydrogen-bond acceptors (Lipinski definition) is 5. The van der Waals surface area contributed by atoms with E-state index in [0.29, 0.717) is 0 Å². The Kier molecular flexibility index (Phi) is 6.20. The number of carbonyl (C=O) groups is 2. The Morgan fingerprint density at radius 3 is 2.21 bits per heavy atom. The summed E-state index contributed by atoms with van der Waals surface area (Å²) in [5.74, 6) is -4.72. The summed E-state index contributed by atoms with van der Waals surface area (Å²) in [5.41, 5.74) is -0.660. The zero-order chi connectivity index (χ0) is 24.7. The predicted molar refractivity (Wildman–Crippen MR) is 122 cm³/mol. The molecule has 34 heavy (non-hydrogen) atoms. The number of aliphatic hydroxyl groups excluding tert-OH is 1. The third-order valence-corrected chi connectivity index (χ3v) is 5.86. The molecular formula is C24H15Cl2F2NO5. The van der Waals surface area contributed by atoms with E-state index in [1.54, 1.807) is 0 Å². The van der Waals surface area contributed by atoms with Gasteiger partial charge in [0.25, 0.3) is 11.7 Å². The Bertz CT molecular complexity index is 1330. The molecule has 0 aromatic heterocycles. The van der Waals surface area contributed by atoms with E-state index < -0.39 is 46.4 Å². The zero-order valence-corrected chi connectivity index (χ0v) is 18.9. The Morgan fingerprint density at radius 1 is 1.00 bits per heavy atom. The molecule has 0 bridgehead atoms. The fourth-order valence-corrected chi connectivity index (χ4v) is 4.41. The normalized spacial score (nSPS) is 17.3. The third kappa shape index (κ3) is 3.95. The van der Waals surface area contributed by atoms with Crippen molar-refractivity contribution in [3.63, 3.8) is 0 Å². The summed E-state index contributed by atoms with van der Waals surface area (Å²) in [7, 11) is 1.34. The average Bonchev–Trinajstić information content (AvgIpc) is 3.05. The number of carbonyl (C=O) groups excluding carboxylic acids is 2. The van der Waals surface area contributed by atoms with Crippen LogP contribution < -0.4 is 9.64 Å². The van der Waals surface area contributed by atoms with Gasteiger partial charge in [-0.1, -0.05) is 35.3 Å². The van der Waals surface area contributed by atoms with E-state index in [1.165, 1.54) is 43.5 Å². The second kappa shape index (κ2) is 8.96. The summed E-state index contributed by atoms with van der Waals surface area (Å²) in [4.78, 5) is 26.9. The number of ketones is 1. The Labute approximate surface area is 202 Å². The minimum atomic E-state index is -1.35. The van der Waals surface area contributed by atoms with Crippen molar-refractivity contribution in [2.24, 2.45) is 0 Å². The summed E-state index contributed by atoms with van der Waals surface area (Å²) < 4.78 is 33.7. The molecule has 6 nitrogen and oxygen atoms in total. The van der Waals surface area contributed by atoms with E-state index in [9.17, 15) is 28.6 Å².